The number of phenolic OH excluding ortho intramolecular Hbond substituents is 1. The SMILES string of the molecule is COc1cc(C(=O)NN=Cc2ccc(O)c(Br)c2)cc(OC)c1OC. The number of nitrogens with one attached hydrogen (secondary N) is 1. The van der Waals surface area contributed by atoms with Crippen LogP contribution < -0.4 is 19.6 Å². The van der Waals surface area contributed by atoms with Crippen LogP contribution in [0.25, 0.3) is 0 Å². The molecule has 0 radical (unpaired) electrons. The average Bonchev–Trinajstić information content (AvgIpc) is 2.63. The van der Waals surface area contributed by atoms with Crippen LogP contribution >= 0.6 is 15.9 Å². The average molecular weight is 409 g/mol. The summed E-state index contributed by atoms with van der Waals surface area (Å²) in [4.78, 5) is 12.3. The Balaban J connectivity index is 2.17. The van der Waals surface area contributed by atoms with Crippen molar-refractivity contribution in [3.05, 3.63) is 45.9 Å². The number of phenols is 1. The van der Waals surface area contributed by atoms with Crippen molar-refractivity contribution in [3.63, 3.8) is 0 Å². The summed E-state index contributed by atoms with van der Waals surface area (Å²) in [6.45, 7) is 0. The molecule has 2 rings (SSSR count). The summed E-state index contributed by atoms with van der Waals surface area (Å²) in [7, 11) is 4.43. The summed E-state index contributed by atoms with van der Waals surface area (Å²) < 4.78 is 16.2. The predicted molar refractivity (Wildman–Crippen MR) is 97.0 cm³/mol. The van der Waals surface area contributed by atoms with E-state index in [9.17, 15) is 9.90 Å². The zero-order chi connectivity index (χ0) is 18.4. The van der Waals surface area contributed by atoms with E-state index in [0.29, 0.717) is 32.8 Å². The van der Waals surface area contributed by atoms with Crippen LogP contribution in [0.3, 0.4) is 0 Å². The number of ether oxygens (including phenoxy) is 3. The van der Waals surface area contributed by atoms with Gasteiger partial charge in [0, 0.05) is 5.56 Å². The zero-order valence-corrected chi connectivity index (χ0v) is 15.5. The number of carbonyl (C=O) groups is 1. The number of benzene rings is 2. The number of aromatic hydroxyl groups is 1. The second-order valence-electron chi connectivity index (χ2n) is 4.82. The Labute approximate surface area is 153 Å². The van der Waals surface area contributed by atoms with Gasteiger partial charge in [0.25, 0.3) is 5.91 Å². The van der Waals surface area contributed by atoms with Crippen LogP contribution in [0.5, 0.6) is 23.0 Å². The highest BCUT2D eigenvalue weighted by Crippen LogP contribution is 2.38. The van der Waals surface area contributed by atoms with E-state index in [0.717, 1.165) is 0 Å². The van der Waals surface area contributed by atoms with Crippen molar-refractivity contribution in [3.8, 4) is 23.0 Å². The van der Waals surface area contributed by atoms with Crippen LogP contribution in [0.1, 0.15) is 15.9 Å². The quantitative estimate of drug-likeness (QED) is 0.566. The van der Waals surface area contributed by atoms with Crippen LogP contribution in [-0.2, 0) is 0 Å². The standard InChI is InChI=1S/C17H17BrN2O5/c1-23-14-7-11(8-15(24-2)16(14)25-3)17(22)20-19-9-10-4-5-13(21)12(18)6-10/h4-9,21H,1-3H3,(H,20,22). The van der Waals surface area contributed by atoms with Gasteiger partial charge >= 0.3 is 0 Å². The number of rotatable bonds is 6. The van der Waals surface area contributed by atoms with E-state index >= 15 is 0 Å². The monoisotopic (exact) mass is 408 g/mol. The van der Waals surface area contributed by atoms with E-state index in [2.05, 4.69) is 26.5 Å². The number of carbonyl (C=O) groups excluding carboxylic acids is 1. The number of methoxy groups -OCH3 is 3. The van der Waals surface area contributed by atoms with Crippen LogP contribution in [0, 0.1) is 0 Å². The number of hydrazone groups is 1. The fourth-order valence-electron chi connectivity index (χ4n) is 2.05. The molecule has 0 aliphatic carbocycles. The molecule has 2 aromatic rings. The van der Waals surface area contributed by atoms with E-state index < -0.39 is 5.91 Å². The van der Waals surface area contributed by atoms with Gasteiger partial charge in [-0.05, 0) is 51.8 Å². The van der Waals surface area contributed by atoms with Crippen molar-refractivity contribution >= 4 is 28.1 Å². The van der Waals surface area contributed by atoms with Gasteiger partial charge in [-0.3, -0.25) is 4.79 Å². The molecule has 0 bridgehead atoms. The lowest BCUT2D eigenvalue weighted by Crippen LogP contribution is -2.18. The first kappa shape index (κ1) is 18.6. The van der Waals surface area contributed by atoms with Gasteiger partial charge in [-0.15, -0.1) is 0 Å². The molecule has 2 N–H and O–H groups in total. The Hall–Kier alpha value is -2.74. The van der Waals surface area contributed by atoms with Crippen LogP contribution in [0.15, 0.2) is 39.9 Å². The van der Waals surface area contributed by atoms with Crippen molar-refractivity contribution in [1.29, 1.82) is 0 Å². The summed E-state index contributed by atoms with van der Waals surface area (Å²) in [6, 6.07) is 7.92. The Bertz CT molecular complexity index is 783. The molecule has 8 heteroatoms. The van der Waals surface area contributed by atoms with Crippen molar-refractivity contribution < 1.29 is 24.1 Å². The minimum Gasteiger partial charge on any atom is -0.507 e. The summed E-state index contributed by atoms with van der Waals surface area (Å²) >= 11 is 3.21. The summed E-state index contributed by atoms with van der Waals surface area (Å²) in [6.07, 6.45) is 1.46. The third-order valence-electron chi connectivity index (χ3n) is 3.28. The van der Waals surface area contributed by atoms with Gasteiger partial charge in [-0.2, -0.15) is 5.10 Å². The van der Waals surface area contributed by atoms with Crippen molar-refractivity contribution in [1.82, 2.24) is 5.43 Å². The van der Waals surface area contributed by atoms with Gasteiger partial charge in [0.2, 0.25) is 5.75 Å². The fraction of sp³-hybridized carbons (Fsp3) is 0.176. The molecular formula is C17H17BrN2O5. The molecule has 0 saturated carbocycles. The van der Waals surface area contributed by atoms with Crippen molar-refractivity contribution in [2.45, 2.75) is 0 Å². The molecule has 0 aliphatic rings. The molecule has 0 saturated heterocycles. The second-order valence-corrected chi connectivity index (χ2v) is 5.68. The predicted octanol–water partition coefficient (Wildman–Crippen LogP) is 2.94. The molecule has 0 heterocycles. The molecule has 25 heavy (non-hydrogen) atoms. The van der Waals surface area contributed by atoms with Crippen molar-refractivity contribution in [2.75, 3.05) is 21.3 Å². The lowest BCUT2D eigenvalue weighted by molar-refractivity contribution is 0.0954. The van der Waals surface area contributed by atoms with Crippen molar-refractivity contribution in [2.24, 2.45) is 5.10 Å². The Morgan fingerprint density at radius 3 is 2.28 bits per heavy atom. The molecule has 0 aliphatic heterocycles. The second kappa shape index (κ2) is 8.39. The van der Waals surface area contributed by atoms with Gasteiger partial charge in [-0.25, -0.2) is 5.43 Å². The number of amides is 1. The smallest absolute Gasteiger partial charge is 0.271 e. The zero-order valence-electron chi connectivity index (χ0n) is 13.9. The van der Waals surface area contributed by atoms with Gasteiger partial charge in [-0.1, -0.05) is 0 Å². The largest absolute Gasteiger partial charge is 0.507 e. The third-order valence-corrected chi connectivity index (χ3v) is 3.91. The number of nitrogens with zero attached hydrogens (tertiary/aromatic N) is 1. The van der Waals surface area contributed by atoms with Gasteiger partial charge < -0.3 is 19.3 Å². The number of halogens is 1. The molecule has 7 nitrogen and oxygen atoms in total. The highest BCUT2D eigenvalue weighted by atomic mass is 79.9. The minimum atomic E-state index is -0.437. The molecule has 0 fully saturated rings. The van der Waals surface area contributed by atoms with Crippen LogP contribution in [-0.4, -0.2) is 38.6 Å². The highest BCUT2D eigenvalue weighted by Gasteiger charge is 2.16. The van der Waals surface area contributed by atoms with Gasteiger partial charge in [0.05, 0.1) is 32.0 Å². The number of hydrogen-bond acceptors (Lipinski definition) is 6. The lowest BCUT2D eigenvalue weighted by Gasteiger charge is -2.13. The Morgan fingerprint density at radius 1 is 1.12 bits per heavy atom. The fourth-order valence-corrected chi connectivity index (χ4v) is 2.44. The lowest BCUT2D eigenvalue weighted by atomic mass is 10.1. The maximum absolute atomic E-state index is 12.3. The van der Waals surface area contributed by atoms with E-state index in [1.165, 1.54) is 45.7 Å². The molecule has 132 valence electrons. The molecule has 0 aromatic heterocycles. The molecule has 1 amide bonds. The molecule has 0 unspecified atom stereocenters. The van der Waals surface area contributed by atoms with E-state index in [4.69, 9.17) is 14.2 Å². The van der Waals surface area contributed by atoms with E-state index in [1.807, 2.05) is 0 Å². The summed E-state index contributed by atoms with van der Waals surface area (Å²) in [5.41, 5.74) is 3.43. The summed E-state index contributed by atoms with van der Waals surface area (Å²) in [5, 5.41) is 13.4. The first-order chi connectivity index (χ1) is 12.0. The Kier molecular flexibility index (Phi) is 6.24. The van der Waals surface area contributed by atoms with Crippen LogP contribution in [0.4, 0.5) is 0 Å². The van der Waals surface area contributed by atoms with E-state index in [1.54, 1.807) is 12.1 Å². The maximum Gasteiger partial charge on any atom is 0.271 e. The molecule has 2 aromatic carbocycles. The normalized spacial score (nSPS) is 10.6. The topological polar surface area (TPSA) is 89.4 Å². The first-order valence-corrected chi connectivity index (χ1v) is 7.91. The first-order valence-electron chi connectivity index (χ1n) is 7.12. The highest BCUT2D eigenvalue weighted by molar-refractivity contribution is 9.10. The molecule has 0 atom stereocenters. The summed E-state index contributed by atoms with van der Waals surface area (Å²) in [5.74, 6) is 0.836. The maximum atomic E-state index is 12.3. The van der Waals surface area contributed by atoms with Gasteiger partial charge in [0.15, 0.2) is 11.5 Å². The molecular weight excluding hydrogens is 392 g/mol. The number of hydrogen-bond donors (Lipinski definition) is 2. The van der Waals surface area contributed by atoms with Crippen LogP contribution in [0.2, 0.25) is 0 Å². The molecule has 0 spiro atoms. The van der Waals surface area contributed by atoms with Gasteiger partial charge in [0.1, 0.15) is 5.75 Å². The van der Waals surface area contributed by atoms with E-state index in [-0.39, 0.29) is 5.75 Å². The third kappa shape index (κ3) is 4.42. The Morgan fingerprint density at radius 2 is 1.76 bits per heavy atom. The minimum absolute atomic E-state index is 0.124.